The van der Waals surface area contributed by atoms with Gasteiger partial charge in [0.2, 0.25) is 6.79 Å². The van der Waals surface area contributed by atoms with E-state index in [-0.39, 0.29) is 18.7 Å². The van der Waals surface area contributed by atoms with Crippen LogP contribution in [-0.4, -0.2) is 28.6 Å². The summed E-state index contributed by atoms with van der Waals surface area (Å²) in [6, 6.07) is 9.78. The van der Waals surface area contributed by atoms with Crippen LogP contribution in [0.2, 0.25) is 0 Å². The molecule has 0 radical (unpaired) electrons. The summed E-state index contributed by atoms with van der Waals surface area (Å²) >= 11 is 0. The van der Waals surface area contributed by atoms with Crippen molar-refractivity contribution >= 4 is 5.91 Å². The molecule has 142 valence electrons. The van der Waals surface area contributed by atoms with E-state index < -0.39 is 0 Å². The van der Waals surface area contributed by atoms with Crippen molar-refractivity contribution in [3.8, 4) is 11.5 Å². The van der Waals surface area contributed by atoms with E-state index in [9.17, 15) is 4.79 Å². The molecule has 5 nitrogen and oxygen atoms in total. The SMILES string of the molecule is CC1CCCC(N(Cc2ccc3c(c2)OCO3)C(=O)c2ccncc2)C1C. The normalized spacial score (nSPS) is 23.9. The van der Waals surface area contributed by atoms with Crippen molar-refractivity contribution in [1.29, 1.82) is 0 Å². The topological polar surface area (TPSA) is 51.7 Å². The van der Waals surface area contributed by atoms with Gasteiger partial charge in [-0.2, -0.15) is 0 Å². The lowest BCUT2D eigenvalue weighted by Gasteiger charge is -2.41. The predicted molar refractivity (Wildman–Crippen MR) is 103 cm³/mol. The van der Waals surface area contributed by atoms with Crippen LogP contribution in [0.5, 0.6) is 11.5 Å². The molecule has 3 atom stereocenters. The first kappa shape index (κ1) is 17.8. The maximum Gasteiger partial charge on any atom is 0.254 e. The highest BCUT2D eigenvalue weighted by atomic mass is 16.7. The number of carbonyl (C=O) groups excluding carboxylic acids is 1. The van der Waals surface area contributed by atoms with Crippen LogP contribution in [0.3, 0.4) is 0 Å². The second kappa shape index (κ2) is 7.59. The van der Waals surface area contributed by atoms with E-state index in [4.69, 9.17) is 9.47 Å². The standard InChI is InChI=1S/C22H26N2O3/c1-15-4-3-5-19(16(15)2)24(22(25)18-8-10-23-11-9-18)13-17-6-7-20-21(12-17)27-14-26-20/h6-12,15-16,19H,3-5,13-14H2,1-2H3. The summed E-state index contributed by atoms with van der Waals surface area (Å²) in [6.07, 6.45) is 6.81. The fourth-order valence-electron chi connectivity index (χ4n) is 4.23. The largest absolute Gasteiger partial charge is 0.454 e. The quantitative estimate of drug-likeness (QED) is 0.810. The molecule has 2 aliphatic rings. The van der Waals surface area contributed by atoms with E-state index >= 15 is 0 Å². The zero-order valence-corrected chi connectivity index (χ0v) is 15.9. The minimum absolute atomic E-state index is 0.0704. The van der Waals surface area contributed by atoms with Crippen LogP contribution in [-0.2, 0) is 6.54 Å². The van der Waals surface area contributed by atoms with Crippen molar-refractivity contribution in [1.82, 2.24) is 9.88 Å². The number of nitrogens with zero attached hydrogens (tertiary/aromatic N) is 2. The van der Waals surface area contributed by atoms with Gasteiger partial charge in [0.25, 0.3) is 5.91 Å². The highest BCUT2D eigenvalue weighted by Gasteiger charge is 2.34. The Balaban J connectivity index is 1.64. The van der Waals surface area contributed by atoms with Gasteiger partial charge >= 0.3 is 0 Å². The molecule has 27 heavy (non-hydrogen) atoms. The first-order valence-corrected chi connectivity index (χ1v) is 9.73. The molecule has 2 aromatic rings. The fraction of sp³-hybridized carbons (Fsp3) is 0.455. The second-order valence-electron chi connectivity index (χ2n) is 7.69. The summed E-state index contributed by atoms with van der Waals surface area (Å²) in [5, 5.41) is 0. The Morgan fingerprint density at radius 1 is 1.11 bits per heavy atom. The van der Waals surface area contributed by atoms with E-state index in [0.717, 1.165) is 29.9 Å². The van der Waals surface area contributed by atoms with Crippen LogP contribution in [0.1, 0.15) is 49.0 Å². The monoisotopic (exact) mass is 366 g/mol. The van der Waals surface area contributed by atoms with Crippen LogP contribution < -0.4 is 9.47 Å². The third-order valence-corrected chi connectivity index (χ3v) is 6.04. The fourth-order valence-corrected chi connectivity index (χ4v) is 4.23. The molecule has 1 aliphatic heterocycles. The second-order valence-corrected chi connectivity index (χ2v) is 7.69. The first-order valence-electron chi connectivity index (χ1n) is 9.73. The molecule has 1 aromatic carbocycles. The van der Waals surface area contributed by atoms with Gasteiger partial charge in [0.05, 0.1) is 0 Å². The molecule has 0 N–H and O–H groups in total. The minimum atomic E-state index is 0.0704. The molecule has 1 aromatic heterocycles. The molecular formula is C22H26N2O3. The maximum absolute atomic E-state index is 13.4. The zero-order chi connectivity index (χ0) is 18.8. The van der Waals surface area contributed by atoms with Gasteiger partial charge in [-0.1, -0.05) is 32.8 Å². The van der Waals surface area contributed by atoms with Gasteiger partial charge in [0.15, 0.2) is 11.5 Å². The Bertz CT molecular complexity index is 808. The number of ether oxygens (including phenoxy) is 2. The number of benzene rings is 1. The summed E-state index contributed by atoms with van der Waals surface area (Å²) in [5.41, 5.74) is 1.75. The Morgan fingerprint density at radius 3 is 2.70 bits per heavy atom. The molecule has 3 unspecified atom stereocenters. The molecule has 0 bridgehead atoms. The summed E-state index contributed by atoms with van der Waals surface area (Å²) in [7, 11) is 0. The number of carbonyl (C=O) groups is 1. The molecule has 4 rings (SSSR count). The Morgan fingerprint density at radius 2 is 1.89 bits per heavy atom. The van der Waals surface area contributed by atoms with Crippen LogP contribution in [0.4, 0.5) is 0 Å². The Kier molecular flexibility index (Phi) is 5.01. The number of hydrogen-bond donors (Lipinski definition) is 0. The number of fused-ring (bicyclic) bond motifs is 1. The number of pyridine rings is 1. The minimum Gasteiger partial charge on any atom is -0.454 e. The summed E-state index contributed by atoms with van der Waals surface area (Å²) < 4.78 is 10.9. The van der Waals surface area contributed by atoms with Crippen LogP contribution in [0.15, 0.2) is 42.7 Å². The van der Waals surface area contributed by atoms with Crippen molar-refractivity contribution in [2.75, 3.05) is 6.79 Å². The molecule has 5 heteroatoms. The van der Waals surface area contributed by atoms with Crippen molar-refractivity contribution in [2.45, 2.75) is 45.7 Å². The summed E-state index contributed by atoms with van der Waals surface area (Å²) in [5.74, 6) is 2.69. The average Bonchev–Trinajstić information content (AvgIpc) is 3.16. The smallest absolute Gasteiger partial charge is 0.254 e. The van der Waals surface area contributed by atoms with Gasteiger partial charge in [0.1, 0.15) is 0 Å². The lowest BCUT2D eigenvalue weighted by molar-refractivity contribution is 0.0449. The van der Waals surface area contributed by atoms with Gasteiger partial charge in [-0.25, -0.2) is 0 Å². The lowest BCUT2D eigenvalue weighted by atomic mass is 9.77. The molecule has 0 saturated heterocycles. The molecule has 1 saturated carbocycles. The Labute approximate surface area is 160 Å². The maximum atomic E-state index is 13.4. The van der Waals surface area contributed by atoms with E-state index in [1.54, 1.807) is 24.5 Å². The van der Waals surface area contributed by atoms with Gasteiger partial charge < -0.3 is 14.4 Å². The lowest BCUT2D eigenvalue weighted by Crippen LogP contribution is -2.46. The zero-order valence-electron chi connectivity index (χ0n) is 15.9. The Hall–Kier alpha value is -2.56. The van der Waals surface area contributed by atoms with Gasteiger partial charge in [0, 0.05) is 30.5 Å². The van der Waals surface area contributed by atoms with Gasteiger partial charge in [-0.15, -0.1) is 0 Å². The third kappa shape index (κ3) is 3.64. The highest BCUT2D eigenvalue weighted by Crippen LogP contribution is 2.36. The molecule has 1 amide bonds. The first-order chi connectivity index (χ1) is 13.1. The van der Waals surface area contributed by atoms with E-state index in [2.05, 4.69) is 18.8 Å². The average molecular weight is 366 g/mol. The van der Waals surface area contributed by atoms with Crippen LogP contribution >= 0.6 is 0 Å². The van der Waals surface area contributed by atoms with E-state index in [1.165, 1.54) is 6.42 Å². The molecule has 2 heterocycles. The van der Waals surface area contributed by atoms with E-state index in [0.29, 0.717) is 23.9 Å². The number of hydrogen-bond acceptors (Lipinski definition) is 4. The number of amides is 1. The predicted octanol–water partition coefficient (Wildman–Crippen LogP) is 4.28. The van der Waals surface area contributed by atoms with Crippen molar-refractivity contribution in [3.05, 3.63) is 53.9 Å². The summed E-state index contributed by atoms with van der Waals surface area (Å²) in [6.45, 7) is 5.41. The molecule has 0 spiro atoms. The van der Waals surface area contributed by atoms with Crippen LogP contribution in [0.25, 0.3) is 0 Å². The number of rotatable bonds is 4. The molecular weight excluding hydrogens is 340 g/mol. The van der Waals surface area contributed by atoms with Gasteiger partial charge in [-0.05, 0) is 48.1 Å². The van der Waals surface area contributed by atoms with Crippen molar-refractivity contribution < 1.29 is 14.3 Å². The highest BCUT2D eigenvalue weighted by molar-refractivity contribution is 5.94. The number of aromatic nitrogens is 1. The van der Waals surface area contributed by atoms with Crippen molar-refractivity contribution in [3.63, 3.8) is 0 Å². The molecule has 1 aliphatic carbocycles. The van der Waals surface area contributed by atoms with Crippen LogP contribution in [0, 0.1) is 11.8 Å². The van der Waals surface area contributed by atoms with Gasteiger partial charge in [-0.3, -0.25) is 9.78 Å². The third-order valence-electron chi connectivity index (χ3n) is 6.04. The van der Waals surface area contributed by atoms with Crippen molar-refractivity contribution in [2.24, 2.45) is 11.8 Å². The van der Waals surface area contributed by atoms with E-state index in [1.807, 2.05) is 23.1 Å². The summed E-state index contributed by atoms with van der Waals surface area (Å²) in [4.78, 5) is 19.5. The molecule has 1 fully saturated rings.